The van der Waals surface area contributed by atoms with E-state index in [0.717, 1.165) is 25.0 Å². The van der Waals surface area contributed by atoms with Gasteiger partial charge in [0.05, 0.1) is 5.56 Å². The lowest BCUT2D eigenvalue weighted by Crippen LogP contribution is -2.34. The van der Waals surface area contributed by atoms with E-state index in [9.17, 15) is 14.7 Å². The topological polar surface area (TPSA) is 75.1 Å². The quantitative estimate of drug-likeness (QED) is 0.893. The minimum Gasteiger partial charge on any atom is -0.494 e. The third-order valence-corrected chi connectivity index (χ3v) is 5.09. The Hall–Kier alpha value is -1.17. The van der Waals surface area contributed by atoms with Gasteiger partial charge in [-0.05, 0) is 30.9 Å². The van der Waals surface area contributed by atoms with Gasteiger partial charge >= 0.3 is 5.69 Å². The highest BCUT2D eigenvalue weighted by Gasteiger charge is 2.30. The molecule has 1 aromatic heterocycles. The molecule has 0 saturated heterocycles. The predicted molar refractivity (Wildman–Crippen MR) is 81.9 cm³/mol. The van der Waals surface area contributed by atoms with Crippen LogP contribution in [0.25, 0.3) is 0 Å². The maximum absolute atomic E-state index is 12.0. The lowest BCUT2D eigenvalue weighted by Gasteiger charge is -2.18. The van der Waals surface area contributed by atoms with E-state index in [-0.39, 0.29) is 17.8 Å². The van der Waals surface area contributed by atoms with Crippen molar-refractivity contribution in [1.82, 2.24) is 9.55 Å². The second kappa shape index (κ2) is 6.08. The van der Waals surface area contributed by atoms with Gasteiger partial charge in [0.25, 0.3) is 5.56 Å². The minimum absolute atomic E-state index is 0.0131. The highest BCUT2D eigenvalue weighted by atomic mass is 32.2. The monoisotopic (exact) mass is 298 g/mol. The predicted octanol–water partition coefficient (Wildman–Crippen LogP) is 2.21. The van der Waals surface area contributed by atoms with Gasteiger partial charge in [-0.1, -0.05) is 20.8 Å². The molecule has 0 spiro atoms. The Balaban J connectivity index is 2.40. The van der Waals surface area contributed by atoms with Crippen molar-refractivity contribution in [3.63, 3.8) is 0 Å². The van der Waals surface area contributed by atoms with Crippen LogP contribution in [0.5, 0.6) is 5.88 Å². The number of hydrogen-bond donors (Lipinski definition) is 2. The third kappa shape index (κ3) is 2.80. The lowest BCUT2D eigenvalue weighted by molar-refractivity contribution is 0.355. The average Bonchev–Trinajstić information content (AvgIpc) is 2.76. The summed E-state index contributed by atoms with van der Waals surface area (Å²) in [7, 11) is 0. The molecule has 1 heterocycles. The summed E-state index contributed by atoms with van der Waals surface area (Å²) in [6, 6.07) is -0.0131. The Kier molecular flexibility index (Phi) is 4.62. The molecule has 1 aromatic rings. The van der Waals surface area contributed by atoms with E-state index in [0.29, 0.717) is 10.8 Å². The van der Waals surface area contributed by atoms with E-state index < -0.39 is 11.2 Å². The zero-order chi connectivity index (χ0) is 14.9. The molecule has 112 valence electrons. The molecule has 1 aliphatic carbocycles. The zero-order valence-corrected chi connectivity index (χ0v) is 13.0. The van der Waals surface area contributed by atoms with Crippen LogP contribution >= 0.6 is 11.8 Å². The summed E-state index contributed by atoms with van der Waals surface area (Å²) < 4.78 is 1.38. The van der Waals surface area contributed by atoms with Crippen LogP contribution in [-0.4, -0.2) is 25.7 Å². The highest BCUT2D eigenvalue weighted by molar-refractivity contribution is 7.99. The summed E-state index contributed by atoms with van der Waals surface area (Å²) in [6.07, 6.45) is 2.79. The number of aromatic nitrogens is 2. The second-order valence-electron chi connectivity index (χ2n) is 5.57. The first-order chi connectivity index (χ1) is 9.45. The molecule has 20 heavy (non-hydrogen) atoms. The number of aromatic amines is 1. The van der Waals surface area contributed by atoms with Gasteiger partial charge in [0.1, 0.15) is 0 Å². The molecule has 5 nitrogen and oxygen atoms in total. The Bertz CT molecular complexity index is 591. The molecule has 1 saturated carbocycles. The van der Waals surface area contributed by atoms with Gasteiger partial charge in [0.15, 0.2) is 0 Å². The van der Waals surface area contributed by atoms with Gasteiger partial charge in [0, 0.05) is 11.3 Å². The van der Waals surface area contributed by atoms with Crippen molar-refractivity contribution in [2.75, 3.05) is 5.75 Å². The molecular weight excluding hydrogens is 276 g/mol. The summed E-state index contributed by atoms with van der Waals surface area (Å²) >= 11 is 1.89. The number of nitrogens with one attached hydrogen (secondary N) is 1. The van der Waals surface area contributed by atoms with Crippen LogP contribution in [0, 0.1) is 0 Å². The van der Waals surface area contributed by atoms with Gasteiger partial charge in [-0.25, -0.2) is 4.79 Å². The van der Waals surface area contributed by atoms with Crippen LogP contribution in [0.3, 0.4) is 0 Å². The van der Waals surface area contributed by atoms with E-state index in [1.807, 2.05) is 25.6 Å². The van der Waals surface area contributed by atoms with Crippen molar-refractivity contribution in [2.45, 2.75) is 57.2 Å². The Morgan fingerprint density at radius 3 is 2.70 bits per heavy atom. The second-order valence-corrected chi connectivity index (χ2v) is 7.14. The number of thioether (sulfide) groups is 1. The van der Waals surface area contributed by atoms with Crippen LogP contribution in [0.2, 0.25) is 0 Å². The Labute approximate surface area is 122 Å². The number of H-pyrrole nitrogens is 1. The Morgan fingerprint density at radius 2 is 2.10 bits per heavy atom. The van der Waals surface area contributed by atoms with Crippen LogP contribution in [0.4, 0.5) is 0 Å². The summed E-state index contributed by atoms with van der Waals surface area (Å²) in [5, 5.41) is 10.9. The smallest absolute Gasteiger partial charge is 0.331 e. The molecule has 0 radical (unpaired) electrons. The number of hydrogen-bond acceptors (Lipinski definition) is 4. The van der Waals surface area contributed by atoms with Crippen LogP contribution in [-0.2, 0) is 0 Å². The van der Waals surface area contributed by atoms with Crippen LogP contribution in [0.1, 0.15) is 57.6 Å². The normalized spacial score (nSPS) is 22.6. The molecule has 2 N–H and O–H groups in total. The number of rotatable bonds is 4. The summed E-state index contributed by atoms with van der Waals surface area (Å²) in [4.78, 5) is 26.2. The molecule has 0 aromatic carbocycles. The summed E-state index contributed by atoms with van der Waals surface area (Å²) in [5.74, 6) is 0.787. The standard InChI is InChI=1S/C14H22N2O3S/c1-4-20-10-6-5-9(7-10)16-13(18)11(8(2)3)12(17)15-14(16)19/h8-10,18H,4-7H2,1-3H3,(H,15,17,19). The van der Waals surface area contributed by atoms with Crippen molar-refractivity contribution < 1.29 is 5.11 Å². The van der Waals surface area contributed by atoms with E-state index in [4.69, 9.17) is 0 Å². The fraction of sp³-hybridized carbons (Fsp3) is 0.714. The first kappa shape index (κ1) is 15.2. The van der Waals surface area contributed by atoms with Crippen molar-refractivity contribution in [3.05, 3.63) is 26.4 Å². The molecule has 2 rings (SSSR count). The van der Waals surface area contributed by atoms with E-state index in [1.165, 1.54) is 4.57 Å². The fourth-order valence-corrected chi connectivity index (χ4v) is 4.08. The van der Waals surface area contributed by atoms with E-state index in [2.05, 4.69) is 11.9 Å². The number of nitrogens with zero attached hydrogens (tertiary/aromatic N) is 1. The van der Waals surface area contributed by atoms with Gasteiger partial charge in [-0.2, -0.15) is 11.8 Å². The molecule has 1 aliphatic rings. The largest absolute Gasteiger partial charge is 0.494 e. The molecule has 0 aliphatic heterocycles. The molecule has 0 amide bonds. The molecule has 6 heteroatoms. The average molecular weight is 298 g/mol. The van der Waals surface area contributed by atoms with Gasteiger partial charge < -0.3 is 5.11 Å². The highest BCUT2D eigenvalue weighted by Crippen LogP contribution is 2.38. The van der Waals surface area contributed by atoms with Crippen LogP contribution in [0.15, 0.2) is 9.59 Å². The first-order valence-electron chi connectivity index (χ1n) is 7.15. The maximum atomic E-state index is 12.0. The van der Waals surface area contributed by atoms with Crippen molar-refractivity contribution in [2.24, 2.45) is 0 Å². The van der Waals surface area contributed by atoms with Gasteiger partial charge in [0.2, 0.25) is 5.88 Å². The lowest BCUT2D eigenvalue weighted by atomic mass is 10.1. The SMILES string of the molecule is CCSC1CCC(n2c(O)c(C(C)C)c(=O)[nH]c2=O)C1. The zero-order valence-electron chi connectivity index (χ0n) is 12.2. The van der Waals surface area contributed by atoms with Gasteiger partial charge in [-0.15, -0.1) is 0 Å². The van der Waals surface area contributed by atoms with Crippen LogP contribution < -0.4 is 11.2 Å². The molecule has 2 atom stereocenters. The molecule has 1 fully saturated rings. The minimum atomic E-state index is -0.496. The van der Waals surface area contributed by atoms with Crippen molar-refractivity contribution >= 4 is 11.8 Å². The Morgan fingerprint density at radius 1 is 1.40 bits per heavy atom. The van der Waals surface area contributed by atoms with Gasteiger partial charge in [-0.3, -0.25) is 14.3 Å². The fourth-order valence-electron chi connectivity index (χ4n) is 2.95. The van der Waals surface area contributed by atoms with Crippen molar-refractivity contribution in [3.8, 4) is 5.88 Å². The summed E-state index contributed by atoms with van der Waals surface area (Å²) in [6.45, 7) is 5.80. The molecule has 0 bridgehead atoms. The maximum Gasteiger partial charge on any atom is 0.331 e. The van der Waals surface area contributed by atoms with E-state index >= 15 is 0 Å². The van der Waals surface area contributed by atoms with Crippen molar-refractivity contribution in [1.29, 1.82) is 0 Å². The molecular formula is C14H22N2O3S. The van der Waals surface area contributed by atoms with E-state index in [1.54, 1.807) is 0 Å². The first-order valence-corrected chi connectivity index (χ1v) is 8.19. The molecule has 2 unspecified atom stereocenters. The number of aromatic hydroxyl groups is 1. The third-order valence-electron chi connectivity index (χ3n) is 3.85. The summed E-state index contributed by atoms with van der Waals surface area (Å²) in [5.41, 5.74) is -0.670.